The Kier molecular flexibility index (Phi) is 5.85. The van der Waals surface area contributed by atoms with Gasteiger partial charge in [-0.25, -0.2) is 0 Å². The molecule has 1 amide bonds. The zero-order chi connectivity index (χ0) is 24.7. The number of benzene rings is 3. The van der Waals surface area contributed by atoms with Crippen LogP contribution in [0.4, 0.5) is 5.69 Å². The van der Waals surface area contributed by atoms with Gasteiger partial charge in [0.15, 0.2) is 5.76 Å². The number of nitrogens with one attached hydrogen (secondary N) is 1. The van der Waals surface area contributed by atoms with E-state index in [1.165, 1.54) is 0 Å². The van der Waals surface area contributed by atoms with Crippen molar-refractivity contribution in [3.8, 4) is 0 Å². The molecular formula is C29H24BrNO4. The maximum absolute atomic E-state index is 13.3. The minimum atomic E-state index is -0.299. The topological polar surface area (TPSA) is 72.5 Å². The first-order valence-electron chi connectivity index (χ1n) is 11.3. The summed E-state index contributed by atoms with van der Waals surface area (Å²) in [7, 11) is 0. The van der Waals surface area contributed by atoms with Crippen LogP contribution in [0.3, 0.4) is 0 Å². The fourth-order valence-corrected chi connectivity index (χ4v) is 4.37. The Labute approximate surface area is 211 Å². The van der Waals surface area contributed by atoms with Gasteiger partial charge < -0.3 is 14.2 Å². The highest BCUT2D eigenvalue weighted by molar-refractivity contribution is 9.10. The quantitative estimate of drug-likeness (QED) is 0.237. The lowest BCUT2D eigenvalue weighted by molar-refractivity contribution is -0.115. The summed E-state index contributed by atoms with van der Waals surface area (Å²) in [6, 6.07) is 20.4. The molecule has 0 saturated carbocycles. The summed E-state index contributed by atoms with van der Waals surface area (Å²) in [6.45, 7) is 6.44. The van der Waals surface area contributed by atoms with Crippen molar-refractivity contribution in [2.75, 3.05) is 5.32 Å². The predicted molar refractivity (Wildman–Crippen MR) is 141 cm³/mol. The van der Waals surface area contributed by atoms with Crippen molar-refractivity contribution >= 4 is 55.2 Å². The van der Waals surface area contributed by atoms with Crippen LogP contribution in [0.2, 0.25) is 0 Å². The average Bonchev–Trinajstić information content (AvgIpc) is 3.40. The fraction of sp³-hybridized carbons (Fsp3) is 0.172. The van der Waals surface area contributed by atoms with Gasteiger partial charge in [0, 0.05) is 26.4 Å². The molecule has 2 aromatic heterocycles. The molecule has 0 unspecified atom stereocenters. The van der Waals surface area contributed by atoms with E-state index >= 15 is 0 Å². The second-order valence-corrected chi connectivity index (χ2v) is 10.5. The molecule has 0 aliphatic carbocycles. The molecule has 3 aromatic carbocycles. The molecule has 0 atom stereocenters. The summed E-state index contributed by atoms with van der Waals surface area (Å²) >= 11 is 3.39. The van der Waals surface area contributed by atoms with Crippen LogP contribution in [0.1, 0.15) is 48.0 Å². The highest BCUT2D eigenvalue weighted by Gasteiger charge is 2.24. The highest BCUT2D eigenvalue weighted by atomic mass is 79.9. The Morgan fingerprint density at radius 2 is 1.66 bits per heavy atom. The molecular weight excluding hydrogens is 506 g/mol. The highest BCUT2D eigenvalue weighted by Crippen LogP contribution is 2.34. The van der Waals surface area contributed by atoms with Crippen molar-refractivity contribution in [1.29, 1.82) is 0 Å². The molecule has 5 nitrogen and oxygen atoms in total. The van der Waals surface area contributed by atoms with Crippen LogP contribution < -0.4 is 5.32 Å². The molecule has 0 aliphatic rings. The lowest BCUT2D eigenvalue weighted by atomic mass is 9.86. The fourth-order valence-electron chi connectivity index (χ4n) is 4.10. The Bertz CT molecular complexity index is 1570. The van der Waals surface area contributed by atoms with Crippen LogP contribution >= 0.6 is 15.9 Å². The molecule has 35 heavy (non-hydrogen) atoms. The molecule has 0 fully saturated rings. The van der Waals surface area contributed by atoms with Gasteiger partial charge in [-0.15, -0.1) is 0 Å². The number of ketones is 1. The van der Waals surface area contributed by atoms with Gasteiger partial charge in [-0.3, -0.25) is 9.59 Å². The van der Waals surface area contributed by atoms with E-state index in [2.05, 4.69) is 48.1 Å². The Hall–Kier alpha value is -3.64. The maximum atomic E-state index is 13.3. The second-order valence-electron chi connectivity index (χ2n) is 9.59. The number of amides is 1. The number of carbonyl (C=O) groups is 2. The maximum Gasteiger partial charge on any atom is 0.230 e. The van der Waals surface area contributed by atoms with E-state index in [-0.39, 0.29) is 29.3 Å². The van der Waals surface area contributed by atoms with Crippen molar-refractivity contribution in [2.24, 2.45) is 0 Å². The zero-order valence-corrected chi connectivity index (χ0v) is 21.2. The monoisotopic (exact) mass is 529 g/mol. The third-order valence-corrected chi connectivity index (χ3v) is 6.57. The Morgan fingerprint density at radius 3 is 2.40 bits per heavy atom. The van der Waals surface area contributed by atoms with Gasteiger partial charge in [0.2, 0.25) is 11.7 Å². The van der Waals surface area contributed by atoms with Crippen LogP contribution in [0.5, 0.6) is 0 Å². The summed E-state index contributed by atoms with van der Waals surface area (Å²) in [5, 5.41) is 4.53. The molecule has 176 valence electrons. The van der Waals surface area contributed by atoms with Crippen molar-refractivity contribution in [3.05, 3.63) is 99.9 Å². The van der Waals surface area contributed by atoms with Gasteiger partial charge >= 0.3 is 0 Å². The van der Waals surface area contributed by atoms with E-state index in [9.17, 15) is 9.59 Å². The summed E-state index contributed by atoms with van der Waals surface area (Å²) in [5.41, 5.74) is 4.05. The van der Waals surface area contributed by atoms with Crippen molar-refractivity contribution in [1.82, 2.24) is 0 Å². The first kappa shape index (κ1) is 23.1. The minimum absolute atomic E-state index is 0.0248. The van der Waals surface area contributed by atoms with E-state index in [1.807, 2.05) is 30.3 Å². The van der Waals surface area contributed by atoms with Gasteiger partial charge in [0.1, 0.15) is 11.2 Å². The summed E-state index contributed by atoms with van der Waals surface area (Å²) in [6.07, 6.45) is 1.73. The molecule has 0 spiro atoms. The van der Waals surface area contributed by atoms with Crippen LogP contribution in [-0.2, 0) is 16.6 Å². The van der Waals surface area contributed by atoms with Gasteiger partial charge in [-0.05, 0) is 59.5 Å². The first-order valence-corrected chi connectivity index (χ1v) is 12.1. The largest absolute Gasteiger partial charge is 0.464 e. The van der Waals surface area contributed by atoms with Gasteiger partial charge in [-0.1, -0.05) is 54.9 Å². The number of furan rings is 2. The third-order valence-electron chi connectivity index (χ3n) is 6.04. The number of carbonyl (C=O) groups excluding carboxylic acids is 2. The van der Waals surface area contributed by atoms with Gasteiger partial charge in [0.05, 0.1) is 18.4 Å². The van der Waals surface area contributed by atoms with Crippen molar-refractivity contribution in [2.45, 2.75) is 32.6 Å². The molecule has 0 radical (unpaired) electrons. The summed E-state index contributed by atoms with van der Waals surface area (Å²) < 4.78 is 12.5. The van der Waals surface area contributed by atoms with Gasteiger partial charge in [0.25, 0.3) is 0 Å². The molecule has 6 heteroatoms. The average molecular weight is 530 g/mol. The summed E-state index contributed by atoms with van der Waals surface area (Å²) in [4.78, 5) is 26.5. The van der Waals surface area contributed by atoms with Crippen LogP contribution in [-0.4, -0.2) is 11.7 Å². The lowest BCUT2D eigenvalue weighted by Crippen LogP contribution is -2.16. The minimum Gasteiger partial charge on any atom is -0.464 e. The number of rotatable bonds is 5. The van der Waals surface area contributed by atoms with Crippen LogP contribution in [0.25, 0.3) is 21.9 Å². The predicted octanol–water partition coefficient (Wildman–Crippen LogP) is 7.65. The van der Waals surface area contributed by atoms with Crippen molar-refractivity contribution in [3.63, 3.8) is 0 Å². The molecule has 1 N–H and O–H groups in total. The molecule has 2 heterocycles. The number of para-hydroxylation sites is 1. The van der Waals surface area contributed by atoms with E-state index in [4.69, 9.17) is 8.83 Å². The molecule has 0 aliphatic heterocycles. The normalized spacial score (nSPS) is 11.8. The van der Waals surface area contributed by atoms with E-state index < -0.39 is 0 Å². The number of anilines is 1. The van der Waals surface area contributed by atoms with Crippen LogP contribution in [0.15, 0.2) is 86.3 Å². The third kappa shape index (κ3) is 4.54. The molecule has 5 rings (SSSR count). The standard InChI is InChI=1S/C29H24BrNO4/c1-29(2,3)19-10-13-23-22(15-19)18(16-34-23)14-25(32)31-26-21-6-4-5-7-24(21)35-28(26)27(33)17-8-11-20(30)12-9-17/h4-13,15-16H,14H2,1-3H3,(H,31,32). The van der Waals surface area contributed by atoms with Crippen LogP contribution in [0, 0.1) is 0 Å². The summed E-state index contributed by atoms with van der Waals surface area (Å²) in [5.74, 6) is -0.452. The number of hydrogen-bond donors (Lipinski definition) is 1. The SMILES string of the molecule is CC(C)(C)c1ccc2occ(CC(=O)Nc3c(C(=O)c4ccc(Br)cc4)oc4ccccc34)c2c1. The van der Waals surface area contributed by atoms with E-state index in [0.29, 0.717) is 22.2 Å². The number of halogens is 1. The smallest absolute Gasteiger partial charge is 0.230 e. The Balaban J connectivity index is 1.48. The van der Waals surface area contributed by atoms with E-state index in [0.717, 1.165) is 26.6 Å². The zero-order valence-electron chi connectivity index (χ0n) is 19.6. The second kappa shape index (κ2) is 8.86. The van der Waals surface area contributed by atoms with Crippen molar-refractivity contribution < 1.29 is 18.4 Å². The number of fused-ring (bicyclic) bond motifs is 2. The lowest BCUT2D eigenvalue weighted by Gasteiger charge is -2.18. The first-order chi connectivity index (χ1) is 16.7. The molecule has 0 saturated heterocycles. The molecule has 5 aromatic rings. The molecule has 0 bridgehead atoms. The Morgan fingerprint density at radius 1 is 0.914 bits per heavy atom. The van der Waals surface area contributed by atoms with E-state index in [1.54, 1.807) is 36.6 Å². The number of hydrogen-bond acceptors (Lipinski definition) is 4. The van der Waals surface area contributed by atoms with Gasteiger partial charge in [-0.2, -0.15) is 0 Å².